The Morgan fingerprint density at radius 3 is 1.98 bits per heavy atom. The maximum absolute atomic E-state index is 13.0. The van der Waals surface area contributed by atoms with Gasteiger partial charge in [-0.15, -0.1) is 0 Å². The first-order valence-corrected chi connectivity index (χ1v) is 17.1. The van der Waals surface area contributed by atoms with Gasteiger partial charge in [0.25, 0.3) is 6.47 Å². The molecule has 3 rings (SSSR count). The molecule has 15 heteroatoms. The number of fused-ring (bicyclic) bond motifs is 1. The molecule has 292 valence electrons. The first-order valence-electron chi connectivity index (χ1n) is 17.1. The van der Waals surface area contributed by atoms with Crippen LogP contribution in [0.4, 0.5) is 4.79 Å². The van der Waals surface area contributed by atoms with Gasteiger partial charge >= 0.3 is 18.0 Å². The molecule has 4 N–H and O–H groups in total. The van der Waals surface area contributed by atoms with Gasteiger partial charge in [-0.2, -0.15) is 0 Å². The summed E-state index contributed by atoms with van der Waals surface area (Å²) in [5.41, 5.74) is 1.98. The van der Waals surface area contributed by atoms with Crippen LogP contribution in [0, 0.1) is 23.2 Å². The van der Waals surface area contributed by atoms with Gasteiger partial charge in [0.15, 0.2) is 18.2 Å². The van der Waals surface area contributed by atoms with Crippen LogP contribution in [0.1, 0.15) is 94.9 Å². The SMILES string of the molecule is CC.CC1C(=O)[C@H](C)C[C@@](C)(OC=O)C[C@@H](C)C(=O)C(C)(C)C(=O)OCC2OC(=O)NC21.CC1CC(N(C)C)CC(O)O1.CN.COC(C)=O. The van der Waals surface area contributed by atoms with Crippen molar-refractivity contribution in [3.63, 3.8) is 0 Å². The van der Waals surface area contributed by atoms with Gasteiger partial charge in [-0.3, -0.25) is 24.0 Å². The summed E-state index contributed by atoms with van der Waals surface area (Å²) < 4.78 is 25.1. The number of rotatable bonds is 3. The summed E-state index contributed by atoms with van der Waals surface area (Å²) >= 11 is 0. The molecule has 3 aliphatic rings. The number of aliphatic hydroxyl groups excluding tert-OH is 1. The number of methoxy groups -OCH3 is 1. The highest BCUT2D eigenvalue weighted by molar-refractivity contribution is 6.04. The number of alkyl carbamates (subject to hydrolysis) is 1. The zero-order chi connectivity index (χ0) is 39.6. The average molecular weight is 720 g/mol. The van der Waals surface area contributed by atoms with Gasteiger partial charge in [0.1, 0.15) is 23.4 Å². The highest BCUT2D eigenvalue weighted by Gasteiger charge is 2.47. The van der Waals surface area contributed by atoms with E-state index in [1.807, 2.05) is 34.9 Å². The maximum Gasteiger partial charge on any atom is 0.407 e. The Labute approximate surface area is 298 Å². The molecule has 9 atom stereocenters. The number of nitrogens with zero attached hydrogens (tertiary/aromatic N) is 1. The summed E-state index contributed by atoms with van der Waals surface area (Å²) in [6.45, 7) is 17.1. The van der Waals surface area contributed by atoms with E-state index in [2.05, 4.69) is 20.7 Å². The molecule has 0 spiro atoms. The number of aliphatic hydroxyl groups is 1. The molecule has 3 aliphatic heterocycles. The van der Waals surface area contributed by atoms with Crippen molar-refractivity contribution in [1.29, 1.82) is 0 Å². The summed E-state index contributed by atoms with van der Waals surface area (Å²) in [6.07, 6.45) is 0.175. The Balaban J connectivity index is 0. The molecule has 3 heterocycles. The monoisotopic (exact) mass is 719 g/mol. The van der Waals surface area contributed by atoms with Crippen LogP contribution in [0.3, 0.4) is 0 Å². The van der Waals surface area contributed by atoms with Crippen LogP contribution in [0.2, 0.25) is 0 Å². The van der Waals surface area contributed by atoms with Gasteiger partial charge in [-0.25, -0.2) is 4.79 Å². The Morgan fingerprint density at radius 1 is 1.00 bits per heavy atom. The van der Waals surface area contributed by atoms with Crippen molar-refractivity contribution in [3.8, 4) is 0 Å². The Morgan fingerprint density at radius 2 is 1.52 bits per heavy atom. The molecule has 0 bridgehead atoms. The quantitative estimate of drug-likeness (QED) is 0.166. The third kappa shape index (κ3) is 15.8. The van der Waals surface area contributed by atoms with Crippen molar-refractivity contribution in [2.45, 2.75) is 131 Å². The Kier molecular flexibility index (Phi) is 22.9. The number of carbonyl (C=O) groups is 6. The lowest BCUT2D eigenvalue weighted by molar-refractivity contribution is -0.172. The highest BCUT2D eigenvalue weighted by atomic mass is 16.6. The second-order valence-corrected chi connectivity index (χ2v) is 13.5. The normalized spacial score (nSPS) is 32.3. The number of nitrogens with two attached hydrogens (primary N) is 1. The number of ether oxygens (including phenoxy) is 5. The Hall–Kier alpha value is -3.14. The molecular formula is C35H65N3O12. The van der Waals surface area contributed by atoms with E-state index in [9.17, 15) is 33.9 Å². The second kappa shape index (κ2) is 23.4. The molecule has 0 aromatic carbocycles. The van der Waals surface area contributed by atoms with Crippen LogP contribution < -0.4 is 11.1 Å². The smallest absolute Gasteiger partial charge is 0.407 e. The molecule has 3 saturated heterocycles. The first kappa shape index (κ1) is 49.0. The van der Waals surface area contributed by atoms with Crippen LogP contribution in [0.15, 0.2) is 0 Å². The topological polar surface area (TPSA) is 210 Å². The van der Waals surface area contributed by atoms with Crippen LogP contribution in [-0.2, 0) is 47.7 Å². The molecule has 0 aromatic rings. The van der Waals surface area contributed by atoms with E-state index in [-0.39, 0.29) is 43.1 Å². The van der Waals surface area contributed by atoms with E-state index < -0.39 is 59.3 Å². The fraction of sp³-hybridized carbons (Fsp3) is 0.829. The molecule has 0 saturated carbocycles. The predicted molar refractivity (Wildman–Crippen MR) is 187 cm³/mol. The lowest BCUT2D eigenvalue weighted by Crippen LogP contribution is -2.48. The van der Waals surface area contributed by atoms with Gasteiger partial charge in [0.05, 0.1) is 19.3 Å². The number of nitrogens with one attached hydrogen (secondary N) is 1. The number of esters is 2. The molecule has 6 unspecified atom stereocenters. The molecule has 50 heavy (non-hydrogen) atoms. The van der Waals surface area contributed by atoms with Gasteiger partial charge in [-0.05, 0) is 68.1 Å². The van der Waals surface area contributed by atoms with Crippen molar-refractivity contribution < 1.29 is 57.6 Å². The van der Waals surface area contributed by atoms with E-state index in [1.165, 1.54) is 34.9 Å². The number of cyclic esters (lactones) is 1. The first-order chi connectivity index (χ1) is 23.2. The molecule has 0 aromatic heterocycles. The van der Waals surface area contributed by atoms with Crippen molar-refractivity contribution >= 4 is 36.1 Å². The van der Waals surface area contributed by atoms with Gasteiger partial charge in [-0.1, -0.05) is 34.6 Å². The Bertz CT molecular complexity index is 1080. The largest absolute Gasteiger partial charge is 0.469 e. The summed E-state index contributed by atoms with van der Waals surface area (Å²) in [7, 11) is 6.92. The van der Waals surface area contributed by atoms with E-state index in [0.717, 1.165) is 12.8 Å². The van der Waals surface area contributed by atoms with Crippen LogP contribution in [-0.4, -0.2) is 117 Å². The maximum atomic E-state index is 13.0. The van der Waals surface area contributed by atoms with Crippen molar-refractivity contribution in [2.75, 3.05) is 34.9 Å². The number of hydrogen-bond acceptors (Lipinski definition) is 14. The summed E-state index contributed by atoms with van der Waals surface area (Å²) in [4.78, 5) is 73.4. The number of hydrogen-bond donors (Lipinski definition) is 3. The van der Waals surface area contributed by atoms with Crippen molar-refractivity contribution in [1.82, 2.24) is 10.2 Å². The lowest BCUT2D eigenvalue weighted by Gasteiger charge is -2.35. The predicted octanol–water partition coefficient (Wildman–Crippen LogP) is 3.02. The minimum atomic E-state index is -1.44. The van der Waals surface area contributed by atoms with E-state index in [0.29, 0.717) is 12.5 Å². The number of amides is 1. The molecular weight excluding hydrogens is 654 g/mol. The standard InChI is InChI=1S/C21H31NO8.C8H17NO2.C3H6O2.C2H6.CH5N/c1-11-7-21(6,29-10-23)8-12(2)17(25)20(4,5)18(26)28-9-14-15(13(3)16(11)24)22-19(27)30-14;1-6-4-7(9(2)3)5-8(10)11-6;1-3(4)5-2;2*1-2/h10-15H,7-9H2,1-6H3,(H,22,27);6-8,10H,4-5H2,1-3H3;1-2H3;1-2H3;2H2,1H3/t11-,12-,13?,14?,15?,21-;;;;/m1..../s1. The van der Waals surface area contributed by atoms with Crippen LogP contribution in [0.5, 0.6) is 0 Å². The molecule has 3 fully saturated rings. The number of ketones is 2. The van der Waals surface area contributed by atoms with Crippen LogP contribution in [0.25, 0.3) is 0 Å². The fourth-order valence-electron chi connectivity index (χ4n) is 6.04. The third-order valence-electron chi connectivity index (χ3n) is 8.66. The van der Waals surface area contributed by atoms with Crippen molar-refractivity contribution in [3.05, 3.63) is 0 Å². The zero-order valence-corrected chi connectivity index (χ0v) is 32.7. The van der Waals surface area contributed by atoms with Gasteiger partial charge in [0, 0.05) is 37.1 Å². The minimum absolute atomic E-state index is 0.152. The van der Waals surface area contributed by atoms with Gasteiger partial charge < -0.3 is 44.7 Å². The zero-order valence-electron chi connectivity index (χ0n) is 32.7. The summed E-state index contributed by atoms with van der Waals surface area (Å²) in [6, 6.07) is -0.215. The van der Waals surface area contributed by atoms with Crippen LogP contribution >= 0.6 is 0 Å². The second-order valence-electron chi connectivity index (χ2n) is 13.5. The number of carbonyl (C=O) groups excluding carboxylic acids is 6. The summed E-state index contributed by atoms with van der Waals surface area (Å²) in [5, 5.41) is 11.9. The fourth-order valence-corrected chi connectivity index (χ4v) is 6.04. The number of Topliss-reactive ketones (excluding diaryl/α,β-unsaturated/α-hetero) is 2. The highest BCUT2D eigenvalue weighted by Crippen LogP contribution is 2.35. The third-order valence-corrected chi connectivity index (χ3v) is 8.66. The van der Waals surface area contributed by atoms with Gasteiger partial charge in [0.2, 0.25) is 0 Å². The van der Waals surface area contributed by atoms with E-state index in [1.54, 1.807) is 27.7 Å². The van der Waals surface area contributed by atoms with E-state index in [4.69, 9.17) is 18.9 Å². The molecule has 15 nitrogen and oxygen atoms in total. The summed E-state index contributed by atoms with van der Waals surface area (Å²) in [5.74, 6) is -3.27. The molecule has 0 radical (unpaired) electrons. The lowest BCUT2D eigenvalue weighted by atomic mass is 9.74. The van der Waals surface area contributed by atoms with E-state index >= 15 is 0 Å². The minimum Gasteiger partial charge on any atom is -0.469 e. The average Bonchev–Trinajstić information content (AvgIpc) is 3.43. The molecule has 1 amide bonds. The molecule has 0 aliphatic carbocycles. The van der Waals surface area contributed by atoms with Crippen molar-refractivity contribution in [2.24, 2.45) is 28.9 Å².